The molecule has 0 aliphatic carbocycles. The molecule has 11 heteroatoms. The summed E-state index contributed by atoms with van der Waals surface area (Å²) < 4.78 is 65.0. The summed E-state index contributed by atoms with van der Waals surface area (Å²) in [5, 5.41) is 4.19. The molecule has 0 fully saturated rings. The number of benzene rings is 2. The van der Waals surface area contributed by atoms with E-state index in [4.69, 9.17) is 0 Å². The van der Waals surface area contributed by atoms with Gasteiger partial charge in [0.2, 0.25) is 15.9 Å². The topological polar surface area (TPSA) is 104 Å². The smallest absolute Gasteiger partial charge is 0.251 e. The molecule has 0 heterocycles. The summed E-state index contributed by atoms with van der Waals surface area (Å²) in [7, 11) is -2.54. The van der Waals surface area contributed by atoms with Gasteiger partial charge in [0, 0.05) is 5.56 Å². The summed E-state index contributed by atoms with van der Waals surface area (Å²) in [6.45, 7) is -0.611. The normalized spacial score (nSPS) is 11.1. The highest BCUT2D eigenvalue weighted by molar-refractivity contribution is 7.89. The first-order chi connectivity index (χ1) is 12.7. The van der Waals surface area contributed by atoms with Crippen molar-refractivity contribution in [3.05, 3.63) is 59.4 Å². The molecular formula is C16H14F3N3O4S. The third kappa shape index (κ3) is 4.83. The first-order valence-corrected chi connectivity index (χ1v) is 8.89. The predicted molar refractivity (Wildman–Crippen MR) is 90.0 cm³/mol. The third-order valence-corrected chi connectivity index (χ3v) is 4.81. The maximum absolute atomic E-state index is 13.5. The van der Waals surface area contributed by atoms with Crippen LogP contribution in [-0.4, -0.2) is 33.8 Å². The summed E-state index contributed by atoms with van der Waals surface area (Å²) in [4.78, 5) is 23.7. The number of halogens is 3. The SMILES string of the molecule is CNS(=O)(=O)c1cccc(C(=O)NCC(=O)Nc2ccc(F)c(F)c2F)c1. The van der Waals surface area contributed by atoms with E-state index in [0.29, 0.717) is 6.07 Å². The Morgan fingerprint density at radius 3 is 2.41 bits per heavy atom. The van der Waals surface area contributed by atoms with E-state index in [-0.39, 0.29) is 10.5 Å². The molecule has 0 saturated carbocycles. The first-order valence-electron chi connectivity index (χ1n) is 7.41. The zero-order valence-electron chi connectivity index (χ0n) is 13.8. The second-order valence-electron chi connectivity index (χ2n) is 5.19. The Balaban J connectivity index is 2.03. The van der Waals surface area contributed by atoms with E-state index in [9.17, 15) is 31.2 Å². The van der Waals surface area contributed by atoms with Crippen LogP contribution in [0.25, 0.3) is 0 Å². The number of carbonyl (C=O) groups excluding carboxylic acids is 2. The Morgan fingerprint density at radius 2 is 1.74 bits per heavy atom. The standard InChI is InChI=1S/C16H14F3N3O4S/c1-20-27(25,26)10-4-2-3-9(7-10)16(24)21-8-13(23)22-12-6-5-11(17)14(18)15(12)19/h2-7,20H,8H2,1H3,(H,21,24)(H,22,23). The van der Waals surface area contributed by atoms with Gasteiger partial charge in [0.15, 0.2) is 17.5 Å². The number of hydrogen-bond donors (Lipinski definition) is 3. The van der Waals surface area contributed by atoms with Crippen molar-refractivity contribution in [1.29, 1.82) is 0 Å². The predicted octanol–water partition coefficient (Wildman–Crippen LogP) is 1.38. The lowest BCUT2D eigenvalue weighted by atomic mass is 10.2. The minimum Gasteiger partial charge on any atom is -0.343 e. The van der Waals surface area contributed by atoms with Crippen molar-refractivity contribution < 1.29 is 31.2 Å². The van der Waals surface area contributed by atoms with Crippen LogP contribution in [0.3, 0.4) is 0 Å². The highest BCUT2D eigenvalue weighted by atomic mass is 32.2. The number of sulfonamides is 1. The lowest BCUT2D eigenvalue weighted by Crippen LogP contribution is -2.33. The van der Waals surface area contributed by atoms with Gasteiger partial charge < -0.3 is 10.6 Å². The Bertz CT molecular complexity index is 996. The van der Waals surface area contributed by atoms with Crippen LogP contribution in [0.1, 0.15) is 10.4 Å². The molecule has 7 nitrogen and oxygen atoms in total. The van der Waals surface area contributed by atoms with Gasteiger partial charge in [0.05, 0.1) is 17.1 Å². The van der Waals surface area contributed by atoms with Gasteiger partial charge in [-0.05, 0) is 37.4 Å². The van der Waals surface area contributed by atoms with E-state index >= 15 is 0 Å². The minimum absolute atomic E-state index is 0.0295. The van der Waals surface area contributed by atoms with E-state index in [1.54, 1.807) is 0 Å². The zero-order valence-corrected chi connectivity index (χ0v) is 14.7. The first kappa shape index (κ1) is 20.4. The van der Waals surface area contributed by atoms with Gasteiger partial charge in [0.1, 0.15) is 0 Å². The molecule has 2 amide bonds. The lowest BCUT2D eigenvalue weighted by Gasteiger charge is -2.09. The van der Waals surface area contributed by atoms with Gasteiger partial charge in [-0.1, -0.05) is 6.07 Å². The molecule has 0 unspecified atom stereocenters. The fourth-order valence-electron chi connectivity index (χ4n) is 2.00. The van der Waals surface area contributed by atoms with Gasteiger partial charge >= 0.3 is 0 Å². The molecule has 0 spiro atoms. The Kier molecular flexibility index (Phi) is 6.18. The highest BCUT2D eigenvalue weighted by Gasteiger charge is 2.17. The number of nitrogens with one attached hydrogen (secondary N) is 3. The van der Waals surface area contributed by atoms with Gasteiger partial charge in [-0.3, -0.25) is 9.59 Å². The molecule has 0 aliphatic heterocycles. The lowest BCUT2D eigenvalue weighted by molar-refractivity contribution is -0.115. The molecule has 0 aromatic heterocycles. The van der Waals surface area contributed by atoms with Crippen molar-refractivity contribution in [2.75, 3.05) is 18.9 Å². The molecule has 0 saturated heterocycles. The maximum atomic E-state index is 13.5. The molecule has 2 aromatic rings. The van der Waals surface area contributed by atoms with Crippen molar-refractivity contribution in [2.24, 2.45) is 0 Å². The van der Waals surface area contributed by atoms with E-state index in [1.165, 1.54) is 25.2 Å². The zero-order chi connectivity index (χ0) is 20.2. The van der Waals surface area contributed by atoms with Crippen LogP contribution in [0.5, 0.6) is 0 Å². The van der Waals surface area contributed by atoms with Crippen LogP contribution in [0.2, 0.25) is 0 Å². The Labute approximate surface area is 152 Å². The molecule has 0 aliphatic rings. The largest absolute Gasteiger partial charge is 0.343 e. The molecule has 2 rings (SSSR count). The fourth-order valence-corrected chi connectivity index (χ4v) is 2.78. The van der Waals surface area contributed by atoms with Crippen LogP contribution in [0.4, 0.5) is 18.9 Å². The average molecular weight is 401 g/mol. The second-order valence-corrected chi connectivity index (χ2v) is 7.08. The van der Waals surface area contributed by atoms with Crippen molar-refractivity contribution in [3.8, 4) is 0 Å². The maximum Gasteiger partial charge on any atom is 0.251 e. The Morgan fingerprint density at radius 1 is 1.04 bits per heavy atom. The third-order valence-electron chi connectivity index (χ3n) is 3.39. The van der Waals surface area contributed by atoms with Crippen molar-refractivity contribution in [1.82, 2.24) is 10.0 Å². The number of carbonyl (C=O) groups is 2. The van der Waals surface area contributed by atoms with Crippen molar-refractivity contribution in [3.63, 3.8) is 0 Å². The summed E-state index contributed by atoms with van der Waals surface area (Å²) in [6, 6.07) is 6.53. The van der Waals surface area contributed by atoms with E-state index in [2.05, 4.69) is 10.0 Å². The molecule has 0 radical (unpaired) electrons. The number of anilines is 1. The van der Waals surface area contributed by atoms with Gasteiger partial charge in [-0.2, -0.15) is 0 Å². The summed E-state index contributed by atoms with van der Waals surface area (Å²) in [6.07, 6.45) is 0. The molecular weight excluding hydrogens is 387 g/mol. The summed E-state index contributed by atoms with van der Waals surface area (Å²) in [5.41, 5.74) is -0.617. The summed E-state index contributed by atoms with van der Waals surface area (Å²) in [5.74, 6) is -6.37. The average Bonchev–Trinajstić information content (AvgIpc) is 2.66. The van der Waals surface area contributed by atoms with Crippen molar-refractivity contribution >= 4 is 27.5 Å². The monoisotopic (exact) mass is 401 g/mol. The van der Waals surface area contributed by atoms with Crippen LogP contribution < -0.4 is 15.4 Å². The number of hydrogen-bond acceptors (Lipinski definition) is 4. The van der Waals surface area contributed by atoms with Gasteiger partial charge in [0.25, 0.3) is 5.91 Å². The summed E-state index contributed by atoms with van der Waals surface area (Å²) >= 11 is 0. The van der Waals surface area contributed by atoms with Crippen molar-refractivity contribution in [2.45, 2.75) is 4.90 Å². The fraction of sp³-hybridized carbons (Fsp3) is 0.125. The highest BCUT2D eigenvalue weighted by Crippen LogP contribution is 2.19. The molecule has 27 heavy (non-hydrogen) atoms. The second kappa shape index (κ2) is 8.18. The molecule has 0 atom stereocenters. The molecule has 3 N–H and O–H groups in total. The molecule has 0 bridgehead atoms. The van der Waals surface area contributed by atoms with Crippen LogP contribution >= 0.6 is 0 Å². The minimum atomic E-state index is -3.76. The molecule has 2 aromatic carbocycles. The van der Waals surface area contributed by atoms with Crippen LogP contribution in [0, 0.1) is 17.5 Å². The Hall–Kier alpha value is -2.92. The van der Waals surface area contributed by atoms with Gasteiger partial charge in [-0.15, -0.1) is 0 Å². The van der Waals surface area contributed by atoms with E-state index in [0.717, 1.165) is 12.1 Å². The van der Waals surface area contributed by atoms with E-state index in [1.807, 2.05) is 5.32 Å². The van der Waals surface area contributed by atoms with Crippen LogP contribution in [0.15, 0.2) is 41.3 Å². The van der Waals surface area contributed by atoms with Crippen LogP contribution in [-0.2, 0) is 14.8 Å². The molecule has 144 valence electrons. The van der Waals surface area contributed by atoms with Gasteiger partial charge in [-0.25, -0.2) is 26.3 Å². The number of amides is 2. The quantitative estimate of drug-likeness (QED) is 0.636. The van der Waals surface area contributed by atoms with E-state index < -0.39 is 51.5 Å². The number of rotatable bonds is 6.